The van der Waals surface area contributed by atoms with E-state index in [1.807, 2.05) is 20.8 Å². The summed E-state index contributed by atoms with van der Waals surface area (Å²) in [6, 6.07) is 13.2. The van der Waals surface area contributed by atoms with E-state index in [1.54, 1.807) is 36.4 Å². The Kier molecular flexibility index (Phi) is 6.18. The number of anilines is 1. The molecule has 2 N–H and O–H groups in total. The number of ether oxygens (including phenoxy) is 1. The quantitative estimate of drug-likeness (QED) is 0.815. The molecule has 2 aromatic rings. The highest BCUT2D eigenvalue weighted by Crippen LogP contribution is 2.19. The van der Waals surface area contributed by atoms with Crippen molar-refractivity contribution in [2.75, 3.05) is 5.32 Å². The number of carbonyl (C=O) groups is 1. The minimum atomic E-state index is -0.289. The third-order valence-corrected chi connectivity index (χ3v) is 3.75. The van der Waals surface area contributed by atoms with Crippen LogP contribution in [0.25, 0.3) is 0 Å². The molecule has 0 bridgehead atoms. The summed E-state index contributed by atoms with van der Waals surface area (Å²) in [7, 11) is 0. The highest BCUT2D eigenvalue weighted by Gasteiger charge is 2.10. The van der Waals surface area contributed by atoms with Crippen LogP contribution in [0.2, 0.25) is 0 Å². The Labute approximate surface area is 142 Å². The summed E-state index contributed by atoms with van der Waals surface area (Å²) in [5.41, 5.74) is 1.39. The van der Waals surface area contributed by atoms with Gasteiger partial charge in [0.2, 0.25) is 0 Å². The molecule has 0 saturated heterocycles. The third kappa shape index (κ3) is 5.57. The number of rotatable bonds is 6. The monoisotopic (exact) mass is 330 g/mol. The van der Waals surface area contributed by atoms with Crippen LogP contribution in [-0.2, 0) is 6.61 Å². The largest absolute Gasteiger partial charge is 0.489 e. The summed E-state index contributed by atoms with van der Waals surface area (Å²) in [5.74, 6) is 0.674. The van der Waals surface area contributed by atoms with Crippen molar-refractivity contribution in [2.24, 2.45) is 5.92 Å². The standard InChI is InChI=1S/C19H23FN2O2/c1-13(2)14(3)21-19(23)22-17-8-5-9-18(11-17)24-12-15-6-4-7-16(20)10-15/h4-11,13-14H,12H2,1-3H3,(H2,21,22,23). The van der Waals surface area contributed by atoms with Crippen molar-refractivity contribution in [3.63, 3.8) is 0 Å². The second kappa shape index (κ2) is 8.34. The number of halogens is 1. The van der Waals surface area contributed by atoms with E-state index >= 15 is 0 Å². The highest BCUT2D eigenvalue weighted by molar-refractivity contribution is 5.89. The van der Waals surface area contributed by atoms with Crippen LogP contribution in [0.15, 0.2) is 48.5 Å². The molecule has 0 heterocycles. The highest BCUT2D eigenvalue weighted by atomic mass is 19.1. The fourth-order valence-electron chi connectivity index (χ4n) is 2.00. The summed E-state index contributed by atoms with van der Waals surface area (Å²) in [6.45, 7) is 6.32. The fraction of sp³-hybridized carbons (Fsp3) is 0.316. The zero-order valence-corrected chi connectivity index (χ0v) is 14.2. The normalized spacial score (nSPS) is 11.9. The number of hydrogen-bond donors (Lipinski definition) is 2. The molecule has 5 heteroatoms. The van der Waals surface area contributed by atoms with Crippen molar-refractivity contribution >= 4 is 11.7 Å². The lowest BCUT2D eigenvalue weighted by Gasteiger charge is -2.18. The molecule has 128 valence electrons. The topological polar surface area (TPSA) is 50.4 Å². The molecule has 2 rings (SSSR count). The molecule has 2 aromatic carbocycles. The average molecular weight is 330 g/mol. The Morgan fingerprint density at radius 3 is 2.58 bits per heavy atom. The van der Waals surface area contributed by atoms with E-state index in [2.05, 4.69) is 10.6 Å². The average Bonchev–Trinajstić information content (AvgIpc) is 2.53. The van der Waals surface area contributed by atoms with Gasteiger partial charge >= 0.3 is 6.03 Å². The Morgan fingerprint density at radius 2 is 1.88 bits per heavy atom. The van der Waals surface area contributed by atoms with Gasteiger partial charge in [0.15, 0.2) is 0 Å². The summed E-state index contributed by atoms with van der Waals surface area (Å²) in [4.78, 5) is 12.0. The van der Waals surface area contributed by atoms with Crippen molar-refractivity contribution in [3.05, 3.63) is 59.9 Å². The molecule has 0 aliphatic carbocycles. The Bertz CT molecular complexity index is 689. The molecule has 0 fully saturated rings. The lowest BCUT2D eigenvalue weighted by Crippen LogP contribution is -2.38. The van der Waals surface area contributed by atoms with Crippen LogP contribution < -0.4 is 15.4 Å². The van der Waals surface area contributed by atoms with Crippen LogP contribution in [0.3, 0.4) is 0 Å². The van der Waals surface area contributed by atoms with Gasteiger partial charge < -0.3 is 15.4 Å². The third-order valence-electron chi connectivity index (χ3n) is 3.75. The zero-order valence-electron chi connectivity index (χ0n) is 14.2. The van der Waals surface area contributed by atoms with E-state index < -0.39 is 0 Å². The van der Waals surface area contributed by atoms with Gasteiger partial charge in [-0.15, -0.1) is 0 Å². The van der Waals surface area contributed by atoms with Crippen LogP contribution in [-0.4, -0.2) is 12.1 Å². The summed E-state index contributed by atoms with van der Waals surface area (Å²) < 4.78 is 18.8. The van der Waals surface area contributed by atoms with Crippen molar-refractivity contribution in [3.8, 4) is 5.75 Å². The molecule has 2 amide bonds. The van der Waals surface area contributed by atoms with Crippen molar-refractivity contribution < 1.29 is 13.9 Å². The van der Waals surface area contributed by atoms with E-state index in [9.17, 15) is 9.18 Å². The van der Waals surface area contributed by atoms with E-state index in [-0.39, 0.29) is 24.5 Å². The minimum Gasteiger partial charge on any atom is -0.489 e. The van der Waals surface area contributed by atoms with E-state index in [4.69, 9.17) is 4.74 Å². The first-order chi connectivity index (χ1) is 11.4. The SMILES string of the molecule is CC(C)C(C)NC(=O)Nc1cccc(OCc2cccc(F)c2)c1. The molecule has 0 spiro atoms. The Balaban J connectivity index is 1.92. The number of urea groups is 1. The smallest absolute Gasteiger partial charge is 0.319 e. The fourth-order valence-corrected chi connectivity index (χ4v) is 2.00. The summed E-state index contributed by atoms with van der Waals surface area (Å²) in [6.07, 6.45) is 0. The van der Waals surface area contributed by atoms with Crippen LogP contribution in [0, 0.1) is 11.7 Å². The van der Waals surface area contributed by atoms with E-state index in [0.717, 1.165) is 5.56 Å². The molecule has 0 aromatic heterocycles. The lowest BCUT2D eigenvalue weighted by atomic mass is 10.1. The Morgan fingerprint density at radius 1 is 1.12 bits per heavy atom. The van der Waals surface area contributed by atoms with Gasteiger partial charge in [-0.05, 0) is 42.7 Å². The maximum atomic E-state index is 13.2. The van der Waals surface area contributed by atoms with Gasteiger partial charge in [0.25, 0.3) is 0 Å². The number of carbonyl (C=O) groups excluding carboxylic acids is 1. The first-order valence-corrected chi connectivity index (χ1v) is 7.99. The molecule has 0 aliphatic heterocycles. The molecule has 0 saturated carbocycles. The molecule has 24 heavy (non-hydrogen) atoms. The number of amides is 2. The van der Waals surface area contributed by atoms with Gasteiger partial charge in [0.05, 0.1) is 0 Å². The first-order valence-electron chi connectivity index (χ1n) is 7.99. The molecule has 0 aliphatic rings. The molecule has 1 atom stereocenters. The van der Waals surface area contributed by atoms with Crippen molar-refractivity contribution in [1.29, 1.82) is 0 Å². The van der Waals surface area contributed by atoms with Gasteiger partial charge in [-0.2, -0.15) is 0 Å². The second-order valence-corrected chi connectivity index (χ2v) is 6.08. The summed E-state index contributed by atoms with van der Waals surface area (Å²) >= 11 is 0. The maximum Gasteiger partial charge on any atom is 0.319 e. The van der Waals surface area contributed by atoms with E-state index in [1.165, 1.54) is 12.1 Å². The van der Waals surface area contributed by atoms with Gasteiger partial charge in [-0.25, -0.2) is 9.18 Å². The second-order valence-electron chi connectivity index (χ2n) is 6.08. The zero-order chi connectivity index (χ0) is 17.5. The van der Waals surface area contributed by atoms with Gasteiger partial charge in [0, 0.05) is 17.8 Å². The number of benzene rings is 2. The van der Waals surface area contributed by atoms with Gasteiger partial charge in [-0.3, -0.25) is 0 Å². The van der Waals surface area contributed by atoms with Crippen LogP contribution in [0.1, 0.15) is 26.3 Å². The van der Waals surface area contributed by atoms with Gasteiger partial charge in [-0.1, -0.05) is 32.0 Å². The number of hydrogen-bond acceptors (Lipinski definition) is 2. The first kappa shape index (κ1) is 17.8. The number of nitrogens with one attached hydrogen (secondary N) is 2. The van der Waals surface area contributed by atoms with Crippen LogP contribution in [0.4, 0.5) is 14.9 Å². The van der Waals surface area contributed by atoms with Crippen LogP contribution >= 0.6 is 0 Å². The molecule has 1 unspecified atom stereocenters. The molecular weight excluding hydrogens is 307 g/mol. The predicted octanol–water partition coefficient (Wildman–Crippen LogP) is 4.57. The molecular formula is C19H23FN2O2. The molecule has 4 nitrogen and oxygen atoms in total. The predicted molar refractivity (Wildman–Crippen MR) is 93.6 cm³/mol. The van der Waals surface area contributed by atoms with Crippen LogP contribution in [0.5, 0.6) is 5.75 Å². The van der Waals surface area contributed by atoms with Gasteiger partial charge in [0.1, 0.15) is 18.2 Å². The van der Waals surface area contributed by atoms with Crippen molar-refractivity contribution in [1.82, 2.24) is 5.32 Å². The Hall–Kier alpha value is -2.56. The summed E-state index contributed by atoms with van der Waals surface area (Å²) in [5, 5.41) is 5.66. The lowest BCUT2D eigenvalue weighted by molar-refractivity contribution is 0.246. The van der Waals surface area contributed by atoms with Crippen molar-refractivity contribution in [2.45, 2.75) is 33.4 Å². The molecule has 0 radical (unpaired) electrons. The minimum absolute atomic E-state index is 0.0809. The van der Waals surface area contributed by atoms with E-state index in [0.29, 0.717) is 17.4 Å². The maximum absolute atomic E-state index is 13.2.